The molecule has 0 spiro atoms. The van der Waals surface area contributed by atoms with Crippen molar-refractivity contribution in [3.05, 3.63) is 34.1 Å². The lowest BCUT2D eigenvalue weighted by Crippen LogP contribution is -2.57. The fourth-order valence-corrected chi connectivity index (χ4v) is 5.41. The molecule has 32 heavy (non-hydrogen) atoms. The van der Waals surface area contributed by atoms with Crippen molar-refractivity contribution in [2.75, 3.05) is 5.01 Å². The Labute approximate surface area is 201 Å². The Morgan fingerprint density at radius 3 is 2.12 bits per heavy atom. The lowest BCUT2D eigenvalue weighted by molar-refractivity contribution is 0.222. The maximum atomic E-state index is 13.2. The van der Waals surface area contributed by atoms with Gasteiger partial charge in [0.05, 0.1) is 5.69 Å². The summed E-state index contributed by atoms with van der Waals surface area (Å²) in [5, 5.41) is 9.72. The van der Waals surface area contributed by atoms with Gasteiger partial charge in [-0.1, -0.05) is 66.6 Å². The minimum atomic E-state index is -0.365. The molecule has 2 aliphatic carbocycles. The highest BCUT2D eigenvalue weighted by molar-refractivity contribution is 9.10. The van der Waals surface area contributed by atoms with Crippen LogP contribution in [0.4, 0.5) is 14.7 Å². The number of aromatic nitrogens is 1. The molecule has 0 aliphatic heterocycles. The summed E-state index contributed by atoms with van der Waals surface area (Å²) in [6.07, 6.45) is 10.8. The smallest absolute Gasteiger partial charge is 0.334 e. The molecule has 2 aromatic rings. The number of thiazole rings is 1. The Balaban J connectivity index is 1.49. The molecule has 4 rings (SSSR count). The molecule has 0 saturated heterocycles. The van der Waals surface area contributed by atoms with Crippen LogP contribution in [0.1, 0.15) is 64.2 Å². The summed E-state index contributed by atoms with van der Waals surface area (Å²) in [6, 6.07) is 7.44. The van der Waals surface area contributed by atoms with Crippen molar-refractivity contribution < 1.29 is 9.59 Å². The summed E-state index contributed by atoms with van der Waals surface area (Å²) in [5.74, 6) is 0. The van der Waals surface area contributed by atoms with Gasteiger partial charge < -0.3 is 10.6 Å². The van der Waals surface area contributed by atoms with Crippen LogP contribution in [0.3, 0.4) is 0 Å². The largest absolute Gasteiger partial charge is 0.343 e. The molecular weight excluding hydrogens is 490 g/mol. The Morgan fingerprint density at radius 2 is 1.50 bits per heavy atom. The Kier molecular flexibility index (Phi) is 8.02. The Bertz CT molecular complexity index is 907. The predicted octanol–water partition coefficient (Wildman–Crippen LogP) is 5.97. The number of nitrogens with zero attached hydrogens (tertiary/aromatic N) is 2. The van der Waals surface area contributed by atoms with Gasteiger partial charge in [0.2, 0.25) is 5.13 Å². The quantitative estimate of drug-likeness (QED) is 0.435. The van der Waals surface area contributed by atoms with Gasteiger partial charge in [0.15, 0.2) is 0 Å². The minimum Gasteiger partial charge on any atom is -0.334 e. The Hall–Kier alpha value is -2.13. The summed E-state index contributed by atoms with van der Waals surface area (Å²) in [7, 11) is 0. The predicted molar refractivity (Wildman–Crippen MR) is 132 cm³/mol. The molecule has 0 radical (unpaired) electrons. The van der Waals surface area contributed by atoms with Crippen molar-refractivity contribution in [3.63, 3.8) is 0 Å². The molecule has 0 unspecified atom stereocenters. The highest BCUT2D eigenvalue weighted by Gasteiger charge is 2.26. The number of urea groups is 2. The second kappa shape index (κ2) is 11.1. The third kappa shape index (κ3) is 6.22. The number of amides is 4. The van der Waals surface area contributed by atoms with Crippen molar-refractivity contribution in [2.24, 2.45) is 0 Å². The van der Waals surface area contributed by atoms with Crippen LogP contribution in [-0.4, -0.2) is 29.1 Å². The first kappa shape index (κ1) is 23.0. The zero-order valence-corrected chi connectivity index (χ0v) is 20.5. The number of anilines is 1. The average molecular weight is 520 g/mol. The minimum absolute atomic E-state index is 0.132. The van der Waals surface area contributed by atoms with Gasteiger partial charge in [-0.2, -0.15) is 5.01 Å². The molecule has 2 saturated carbocycles. The summed E-state index contributed by atoms with van der Waals surface area (Å²) in [6.45, 7) is 0. The van der Waals surface area contributed by atoms with E-state index in [2.05, 4.69) is 37.0 Å². The van der Waals surface area contributed by atoms with Crippen molar-refractivity contribution >= 4 is 44.5 Å². The van der Waals surface area contributed by atoms with Gasteiger partial charge in [0.1, 0.15) is 0 Å². The normalized spacial score (nSPS) is 17.5. The third-order valence-corrected chi connectivity index (χ3v) is 7.47. The van der Waals surface area contributed by atoms with E-state index in [0.29, 0.717) is 5.13 Å². The number of hydrogen-bond donors (Lipinski definition) is 3. The number of halogens is 1. The Morgan fingerprint density at radius 1 is 0.906 bits per heavy atom. The number of benzene rings is 1. The molecular formula is C23H30BrN5O2S. The zero-order valence-electron chi connectivity index (χ0n) is 18.1. The van der Waals surface area contributed by atoms with Gasteiger partial charge in [-0.25, -0.2) is 20.0 Å². The summed E-state index contributed by atoms with van der Waals surface area (Å²) < 4.78 is 0.992. The van der Waals surface area contributed by atoms with Crippen molar-refractivity contribution in [3.8, 4) is 11.3 Å². The topological polar surface area (TPSA) is 86.4 Å². The average Bonchev–Trinajstić information content (AvgIpc) is 3.29. The number of rotatable bonds is 4. The van der Waals surface area contributed by atoms with Crippen LogP contribution in [-0.2, 0) is 0 Å². The molecule has 0 bridgehead atoms. The molecule has 1 heterocycles. The standard InChI is InChI=1S/C23H30BrN5O2S/c24-17-13-11-16(12-14-17)20-15-32-23(27-20)29(22(31)26-19-9-5-2-6-10-19)28-21(30)25-18-7-3-1-4-8-18/h11-15,18-19H,1-10H2,(H,26,31)(H2,25,28,30). The van der Waals surface area contributed by atoms with Gasteiger partial charge in [0.25, 0.3) is 0 Å². The van der Waals surface area contributed by atoms with Crippen molar-refractivity contribution in [1.29, 1.82) is 0 Å². The molecule has 9 heteroatoms. The van der Waals surface area contributed by atoms with Gasteiger partial charge in [-0.3, -0.25) is 0 Å². The lowest BCUT2D eigenvalue weighted by Gasteiger charge is -2.28. The van der Waals surface area contributed by atoms with Crippen LogP contribution in [0.5, 0.6) is 0 Å². The van der Waals surface area contributed by atoms with Crippen LogP contribution >= 0.6 is 27.3 Å². The fraction of sp³-hybridized carbons (Fsp3) is 0.522. The number of carbonyl (C=O) groups excluding carboxylic acids is 2. The highest BCUT2D eigenvalue weighted by atomic mass is 79.9. The van der Waals surface area contributed by atoms with E-state index >= 15 is 0 Å². The fourth-order valence-electron chi connectivity index (χ4n) is 4.36. The van der Waals surface area contributed by atoms with E-state index in [1.807, 2.05) is 29.6 Å². The van der Waals surface area contributed by atoms with E-state index in [1.54, 1.807) is 0 Å². The number of hydrazine groups is 1. The summed E-state index contributed by atoms with van der Waals surface area (Å²) >= 11 is 4.78. The maximum absolute atomic E-state index is 13.2. The van der Waals surface area contributed by atoms with Gasteiger partial charge in [0, 0.05) is 27.5 Å². The van der Waals surface area contributed by atoms with E-state index in [1.165, 1.54) is 29.2 Å². The SMILES string of the molecule is O=C(NC1CCCCC1)NN(C(=O)NC1CCCCC1)c1nc(-c2ccc(Br)cc2)cs1. The number of hydrogen-bond acceptors (Lipinski definition) is 4. The molecule has 1 aromatic heterocycles. The second-order valence-corrected chi connectivity index (χ2v) is 10.3. The van der Waals surface area contributed by atoms with E-state index in [9.17, 15) is 9.59 Å². The molecule has 2 aliphatic rings. The summed E-state index contributed by atoms with van der Waals surface area (Å²) in [4.78, 5) is 30.5. The van der Waals surface area contributed by atoms with Crippen LogP contribution < -0.4 is 21.1 Å². The monoisotopic (exact) mass is 519 g/mol. The van der Waals surface area contributed by atoms with Crippen LogP contribution in [0.25, 0.3) is 11.3 Å². The molecule has 1 aromatic carbocycles. The summed E-state index contributed by atoms with van der Waals surface area (Å²) in [5.41, 5.74) is 4.48. The molecule has 7 nitrogen and oxygen atoms in total. The van der Waals surface area contributed by atoms with E-state index in [0.717, 1.165) is 67.1 Å². The second-order valence-electron chi connectivity index (χ2n) is 8.56. The van der Waals surface area contributed by atoms with E-state index < -0.39 is 0 Å². The highest BCUT2D eigenvalue weighted by Crippen LogP contribution is 2.28. The zero-order chi connectivity index (χ0) is 22.3. The molecule has 2 fully saturated rings. The lowest BCUT2D eigenvalue weighted by atomic mass is 9.96. The molecule has 172 valence electrons. The number of nitrogens with one attached hydrogen (secondary N) is 3. The van der Waals surface area contributed by atoms with E-state index in [-0.39, 0.29) is 24.1 Å². The molecule has 0 atom stereocenters. The van der Waals surface area contributed by atoms with Crippen LogP contribution in [0.15, 0.2) is 34.1 Å². The van der Waals surface area contributed by atoms with Gasteiger partial charge >= 0.3 is 12.1 Å². The first-order valence-corrected chi connectivity index (χ1v) is 13.1. The van der Waals surface area contributed by atoms with Crippen LogP contribution in [0, 0.1) is 0 Å². The third-order valence-electron chi connectivity index (χ3n) is 6.11. The first-order chi connectivity index (χ1) is 15.6. The first-order valence-electron chi connectivity index (χ1n) is 11.5. The molecule has 3 N–H and O–H groups in total. The van der Waals surface area contributed by atoms with Crippen molar-refractivity contribution in [2.45, 2.75) is 76.3 Å². The van der Waals surface area contributed by atoms with Gasteiger partial charge in [-0.15, -0.1) is 11.3 Å². The van der Waals surface area contributed by atoms with Gasteiger partial charge in [-0.05, 0) is 37.8 Å². The number of carbonyl (C=O) groups is 2. The molecule has 4 amide bonds. The van der Waals surface area contributed by atoms with E-state index in [4.69, 9.17) is 0 Å². The maximum Gasteiger partial charge on any atom is 0.343 e. The van der Waals surface area contributed by atoms with Crippen molar-refractivity contribution in [1.82, 2.24) is 21.0 Å². The van der Waals surface area contributed by atoms with Crippen LogP contribution in [0.2, 0.25) is 0 Å².